The fourth-order valence-corrected chi connectivity index (χ4v) is 9.98. The second-order valence-corrected chi connectivity index (χ2v) is 15.2. The molecular weight excluding hydrogens is 675 g/mol. The Morgan fingerprint density at radius 3 is 1.44 bits per heavy atom. The van der Waals surface area contributed by atoms with E-state index in [-0.39, 0.29) is 0 Å². The Kier molecular flexibility index (Phi) is 6.21. The Balaban J connectivity index is 1.38. The van der Waals surface area contributed by atoms with Crippen molar-refractivity contribution in [3.05, 3.63) is 176 Å². The molecule has 3 aromatic heterocycles. The van der Waals surface area contributed by atoms with E-state index in [1.807, 2.05) is 11.3 Å². The van der Waals surface area contributed by atoms with E-state index >= 15 is 0 Å². The van der Waals surface area contributed by atoms with E-state index in [0.717, 1.165) is 33.5 Å². The first kappa shape index (κ1) is 29.7. The van der Waals surface area contributed by atoms with Crippen molar-refractivity contribution in [1.82, 2.24) is 14.5 Å². The second kappa shape index (κ2) is 11.3. The highest BCUT2D eigenvalue weighted by molar-refractivity contribution is 7.25. The lowest BCUT2D eigenvalue weighted by Gasteiger charge is -2.17. The van der Waals surface area contributed by atoms with Crippen molar-refractivity contribution < 1.29 is 0 Å². The fraction of sp³-hybridized carbons (Fsp3) is 0. The van der Waals surface area contributed by atoms with Crippen LogP contribution in [0.25, 0.3) is 114 Å². The van der Waals surface area contributed by atoms with Gasteiger partial charge in [0, 0.05) is 52.8 Å². The zero-order valence-electron chi connectivity index (χ0n) is 29.0. The average Bonchev–Trinajstić information content (AvgIpc) is 3.78. The quantitative estimate of drug-likeness (QED) is 0.172. The fourth-order valence-electron chi connectivity index (χ4n) is 8.86. The smallest absolute Gasteiger partial charge is 0.235 e. The SMILES string of the molecule is c1ccc(-c2cc(-c3ccccc3)nc(-n3c4cc5c(cc4c4c6ccccc6c6c7ccccc7c7ccccc7c6c43)sc3ccccc35)n2)cc1. The summed E-state index contributed by atoms with van der Waals surface area (Å²) in [5, 5.41) is 14.9. The van der Waals surface area contributed by atoms with Gasteiger partial charge in [0.25, 0.3) is 0 Å². The molecule has 0 unspecified atom stereocenters. The van der Waals surface area contributed by atoms with Crippen LogP contribution in [0.1, 0.15) is 0 Å². The van der Waals surface area contributed by atoms with Crippen LogP contribution in [0.5, 0.6) is 0 Å². The lowest BCUT2D eigenvalue weighted by Crippen LogP contribution is -2.04. The molecule has 9 aromatic carbocycles. The first-order chi connectivity index (χ1) is 26.8. The molecule has 0 saturated carbocycles. The first-order valence-electron chi connectivity index (χ1n) is 18.3. The van der Waals surface area contributed by atoms with Crippen molar-refractivity contribution in [3.8, 4) is 28.5 Å². The Hall–Kier alpha value is -6.88. The van der Waals surface area contributed by atoms with Crippen molar-refractivity contribution in [3.63, 3.8) is 0 Å². The Morgan fingerprint density at radius 1 is 0.352 bits per heavy atom. The Bertz CT molecular complexity index is 3430. The lowest BCUT2D eigenvalue weighted by atomic mass is 9.89. The molecule has 0 saturated heterocycles. The van der Waals surface area contributed by atoms with E-state index in [4.69, 9.17) is 9.97 Å². The standard InChI is InChI=1S/C50H29N3S/c1-3-15-30(16-4-1)41-29-42(31-17-5-2-6-18-31)52-50(51-41)53-43-27-39-34-21-13-14-26-44(34)54-45(39)28-40(43)47-38-25-12-11-24-37(38)46-35-22-9-7-19-32(35)33-20-8-10-23-36(33)48(46)49(47)53/h1-29H. The Morgan fingerprint density at radius 2 is 0.833 bits per heavy atom. The summed E-state index contributed by atoms with van der Waals surface area (Å²) in [7, 11) is 0. The number of rotatable bonds is 3. The molecule has 0 aliphatic carbocycles. The largest absolute Gasteiger partial charge is 0.277 e. The molecule has 250 valence electrons. The van der Waals surface area contributed by atoms with Crippen LogP contribution >= 0.6 is 11.3 Å². The van der Waals surface area contributed by atoms with Crippen molar-refractivity contribution in [1.29, 1.82) is 0 Å². The van der Waals surface area contributed by atoms with E-state index in [1.165, 1.54) is 74.0 Å². The highest BCUT2D eigenvalue weighted by Crippen LogP contribution is 2.49. The topological polar surface area (TPSA) is 30.7 Å². The summed E-state index contributed by atoms with van der Waals surface area (Å²) in [5.41, 5.74) is 6.11. The van der Waals surface area contributed by atoms with Crippen molar-refractivity contribution >= 4 is 96.4 Å². The molecule has 54 heavy (non-hydrogen) atoms. The van der Waals surface area contributed by atoms with Gasteiger partial charge >= 0.3 is 0 Å². The minimum absolute atomic E-state index is 0.655. The Labute approximate surface area is 314 Å². The van der Waals surface area contributed by atoms with Crippen LogP contribution in [0.2, 0.25) is 0 Å². The van der Waals surface area contributed by atoms with Crippen LogP contribution in [-0.2, 0) is 0 Å². The van der Waals surface area contributed by atoms with E-state index < -0.39 is 0 Å². The summed E-state index contributed by atoms with van der Waals surface area (Å²) in [5.74, 6) is 0.655. The van der Waals surface area contributed by atoms with Crippen LogP contribution < -0.4 is 0 Å². The molecule has 3 heterocycles. The summed E-state index contributed by atoms with van der Waals surface area (Å²) in [6, 6.07) is 63.4. The van der Waals surface area contributed by atoms with Gasteiger partial charge in [-0.3, -0.25) is 4.57 Å². The molecule has 0 aliphatic rings. The van der Waals surface area contributed by atoms with Gasteiger partial charge in [-0.05, 0) is 56.6 Å². The number of benzene rings is 9. The highest BCUT2D eigenvalue weighted by Gasteiger charge is 2.25. The maximum absolute atomic E-state index is 5.49. The van der Waals surface area contributed by atoms with Crippen LogP contribution in [0.3, 0.4) is 0 Å². The minimum Gasteiger partial charge on any atom is -0.277 e. The molecule has 0 radical (unpaired) electrons. The van der Waals surface area contributed by atoms with Crippen molar-refractivity contribution in [2.75, 3.05) is 0 Å². The zero-order chi connectivity index (χ0) is 35.3. The summed E-state index contributed by atoms with van der Waals surface area (Å²) >= 11 is 1.86. The van der Waals surface area contributed by atoms with Gasteiger partial charge in [-0.2, -0.15) is 0 Å². The molecule has 12 rings (SSSR count). The van der Waals surface area contributed by atoms with Gasteiger partial charge in [0.15, 0.2) is 0 Å². The third kappa shape index (κ3) is 4.17. The lowest BCUT2D eigenvalue weighted by molar-refractivity contribution is 0.999. The molecule has 0 bridgehead atoms. The number of hydrogen-bond donors (Lipinski definition) is 0. The first-order valence-corrected chi connectivity index (χ1v) is 19.2. The molecular formula is C50H29N3S. The molecule has 0 amide bonds. The minimum atomic E-state index is 0.655. The van der Waals surface area contributed by atoms with E-state index in [2.05, 4.69) is 180 Å². The summed E-state index contributed by atoms with van der Waals surface area (Å²) in [4.78, 5) is 11.0. The molecule has 0 fully saturated rings. The maximum Gasteiger partial charge on any atom is 0.235 e. The molecule has 3 nitrogen and oxygen atoms in total. The molecule has 0 aliphatic heterocycles. The van der Waals surface area contributed by atoms with Crippen LogP contribution in [-0.4, -0.2) is 14.5 Å². The number of fused-ring (bicyclic) bond motifs is 16. The van der Waals surface area contributed by atoms with E-state index in [9.17, 15) is 0 Å². The van der Waals surface area contributed by atoms with Crippen LogP contribution in [0, 0.1) is 0 Å². The van der Waals surface area contributed by atoms with Crippen molar-refractivity contribution in [2.24, 2.45) is 0 Å². The normalized spacial score (nSPS) is 12.1. The molecule has 4 heteroatoms. The molecule has 0 spiro atoms. The monoisotopic (exact) mass is 703 g/mol. The third-order valence-electron chi connectivity index (χ3n) is 11.2. The number of nitrogens with zero attached hydrogens (tertiary/aromatic N) is 3. The van der Waals surface area contributed by atoms with Crippen LogP contribution in [0.15, 0.2) is 176 Å². The molecule has 0 N–H and O–H groups in total. The predicted molar refractivity (Wildman–Crippen MR) is 230 cm³/mol. The third-order valence-corrected chi connectivity index (χ3v) is 12.3. The summed E-state index contributed by atoms with van der Waals surface area (Å²) < 4.78 is 4.95. The van der Waals surface area contributed by atoms with E-state index in [1.54, 1.807) is 0 Å². The summed E-state index contributed by atoms with van der Waals surface area (Å²) in [6.07, 6.45) is 0. The van der Waals surface area contributed by atoms with Gasteiger partial charge in [-0.15, -0.1) is 11.3 Å². The second-order valence-electron chi connectivity index (χ2n) is 14.1. The van der Waals surface area contributed by atoms with Gasteiger partial charge in [0.2, 0.25) is 5.95 Å². The molecule has 12 aromatic rings. The van der Waals surface area contributed by atoms with Crippen molar-refractivity contribution in [2.45, 2.75) is 0 Å². The summed E-state index contributed by atoms with van der Waals surface area (Å²) in [6.45, 7) is 0. The van der Waals surface area contributed by atoms with Crippen LogP contribution in [0.4, 0.5) is 0 Å². The van der Waals surface area contributed by atoms with Gasteiger partial charge in [0.1, 0.15) is 0 Å². The zero-order valence-corrected chi connectivity index (χ0v) is 29.8. The number of hydrogen-bond acceptors (Lipinski definition) is 3. The van der Waals surface area contributed by atoms with Gasteiger partial charge in [0.05, 0.1) is 22.4 Å². The van der Waals surface area contributed by atoms with Gasteiger partial charge in [-0.25, -0.2) is 9.97 Å². The number of thiophene rings is 1. The molecule has 0 atom stereocenters. The average molecular weight is 704 g/mol. The highest BCUT2D eigenvalue weighted by atomic mass is 32.1. The van der Waals surface area contributed by atoms with E-state index in [0.29, 0.717) is 5.95 Å². The van der Waals surface area contributed by atoms with Gasteiger partial charge in [-0.1, -0.05) is 152 Å². The number of aromatic nitrogens is 3. The maximum atomic E-state index is 5.49. The van der Waals surface area contributed by atoms with Gasteiger partial charge < -0.3 is 0 Å². The predicted octanol–water partition coefficient (Wildman–Crippen LogP) is 13.9.